The molecule has 0 aliphatic carbocycles. The van der Waals surface area contributed by atoms with Crippen LogP contribution in [0.5, 0.6) is 17.2 Å². The molecule has 33 heavy (non-hydrogen) atoms. The van der Waals surface area contributed by atoms with Crippen LogP contribution in [0.3, 0.4) is 0 Å². The monoisotopic (exact) mass is 456 g/mol. The number of rotatable bonds is 11. The Balaban J connectivity index is 1.40. The van der Waals surface area contributed by atoms with Crippen LogP contribution in [0.25, 0.3) is 0 Å². The van der Waals surface area contributed by atoms with Gasteiger partial charge in [0.2, 0.25) is 6.79 Å². The fourth-order valence-electron chi connectivity index (χ4n) is 3.95. The lowest BCUT2D eigenvalue weighted by molar-refractivity contribution is -0.0194. The van der Waals surface area contributed by atoms with Crippen molar-refractivity contribution in [3.8, 4) is 17.2 Å². The van der Waals surface area contributed by atoms with E-state index in [0.717, 1.165) is 34.1 Å². The predicted octanol–water partition coefficient (Wildman–Crippen LogP) is 3.21. The molecular weight excluding hydrogens is 424 g/mol. The average molecular weight is 457 g/mol. The van der Waals surface area contributed by atoms with Crippen molar-refractivity contribution in [3.63, 3.8) is 0 Å². The van der Waals surface area contributed by atoms with Gasteiger partial charge in [-0.25, -0.2) is 0 Å². The number of oxime groups is 1. The highest BCUT2D eigenvalue weighted by Gasteiger charge is 2.27. The SMILES string of the molecule is COc1cccc(CN(CC(O)COC(C)C)CC2CC(c3ccc4c(c3)OCO4)=NO2)c1. The normalized spacial score (nSPS) is 17.9. The van der Waals surface area contributed by atoms with Crippen molar-refractivity contribution < 1.29 is 28.9 Å². The van der Waals surface area contributed by atoms with Crippen LogP contribution in [0, 0.1) is 0 Å². The molecule has 0 aromatic heterocycles. The van der Waals surface area contributed by atoms with Crippen molar-refractivity contribution in [2.45, 2.75) is 45.1 Å². The van der Waals surface area contributed by atoms with Gasteiger partial charge < -0.3 is 28.9 Å². The maximum atomic E-state index is 10.6. The summed E-state index contributed by atoms with van der Waals surface area (Å²) in [5, 5.41) is 14.9. The molecule has 2 unspecified atom stereocenters. The number of hydrogen-bond donors (Lipinski definition) is 1. The quantitative estimate of drug-likeness (QED) is 0.556. The molecule has 0 amide bonds. The first kappa shape index (κ1) is 23.4. The summed E-state index contributed by atoms with van der Waals surface area (Å²) in [6.07, 6.45) is 0.0255. The van der Waals surface area contributed by atoms with Gasteiger partial charge in [-0.05, 0) is 49.7 Å². The second-order valence-corrected chi connectivity index (χ2v) is 8.62. The molecule has 1 N–H and O–H groups in total. The lowest BCUT2D eigenvalue weighted by Gasteiger charge is -2.27. The van der Waals surface area contributed by atoms with Crippen LogP contribution in [-0.2, 0) is 16.1 Å². The number of nitrogens with zero attached hydrogens (tertiary/aromatic N) is 2. The molecule has 0 saturated heterocycles. The van der Waals surface area contributed by atoms with E-state index in [1.807, 2.05) is 50.2 Å². The van der Waals surface area contributed by atoms with Crippen molar-refractivity contribution in [1.82, 2.24) is 4.90 Å². The fourth-order valence-corrected chi connectivity index (χ4v) is 3.95. The molecule has 0 fully saturated rings. The lowest BCUT2D eigenvalue weighted by atomic mass is 10.0. The number of aliphatic hydroxyl groups is 1. The number of benzene rings is 2. The molecule has 2 aliphatic rings. The van der Waals surface area contributed by atoms with Crippen molar-refractivity contribution in [1.29, 1.82) is 0 Å². The Hall–Kier alpha value is -2.81. The lowest BCUT2D eigenvalue weighted by Crippen LogP contribution is -2.39. The van der Waals surface area contributed by atoms with Crippen molar-refractivity contribution >= 4 is 5.71 Å². The molecule has 4 rings (SSSR count). The average Bonchev–Trinajstić information content (AvgIpc) is 3.46. The third-order valence-corrected chi connectivity index (χ3v) is 5.53. The van der Waals surface area contributed by atoms with Crippen molar-refractivity contribution in [3.05, 3.63) is 53.6 Å². The third kappa shape index (κ3) is 6.37. The molecule has 2 aliphatic heterocycles. The summed E-state index contributed by atoms with van der Waals surface area (Å²) < 4.78 is 21.8. The zero-order valence-electron chi connectivity index (χ0n) is 19.4. The highest BCUT2D eigenvalue weighted by atomic mass is 16.7. The maximum absolute atomic E-state index is 10.6. The highest BCUT2D eigenvalue weighted by Crippen LogP contribution is 2.33. The zero-order valence-corrected chi connectivity index (χ0v) is 19.4. The summed E-state index contributed by atoms with van der Waals surface area (Å²) in [6, 6.07) is 13.8. The minimum absolute atomic E-state index is 0.0716. The van der Waals surface area contributed by atoms with Crippen LogP contribution in [0.15, 0.2) is 47.6 Å². The number of fused-ring (bicyclic) bond motifs is 1. The van der Waals surface area contributed by atoms with Crippen LogP contribution in [0.1, 0.15) is 31.4 Å². The van der Waals surface area contributed by atoms with E-state index < -0.39 is 6.10 Å². The molecule has 178 valence electrons. The van der Waals surface area contributed by atoms with Crippen molar-refractivity contribution in [2.24, 2.45) is 5.16 Å². The van der Waals surface area contributed by atoms with Crippen LogP contribution in [0.2, 0.25) is 0 Å². The summed E-state index contributed by atoms with van der Waals surface area (Å²) in [5.41, 5.74) is 2.94. The van der Waals surface area contributed by atoms with Gasteiger partial charge in [0.1, 0.15) is 11.9 Å². The Morgan fingerprint density at radius 2 is 2.00 bits per heavy atom. The van der Waals surface area contributed by atoms with E-state index in [1.165, 1.54) is 0 Å². The van der Waals surface area contributed by atoms with E-state index in [1.54, 1.807) is 7.11 Å². The van der Waals surface area contributed by atoms with E-state index >= 15 is 0 Å². The highest BCUT2D eigenvalue weighted by molar-refractivity contribution is 6.01. The second kappa shape index (κ2) is 10.9. The third-order valence-electron chi connectivity index (χ3n) is 5.53. The smallest absolute Gasteiger partial charge is 0.231 e. The Morgan fingerprint density at radius 3 is 2.82 bits per heavy atom. The van der Waals surface area contributed by atoms with Gasteiger partial charge in [0.05, 0.1) is 31.6 Å². The Bertz CT molecular complexity index is 964. The molecule has 0 bridgehead atoms. The van der Waals surface area contributed by atoms with Gasteiger partial charge in [0.15, 0.2) is 11.5 Å². The van der Waals surface area contributed by atoms with E-state index in [0.29, 0.717) is 26.1 Å². The van der Waals surface area contributed by atoms with Crippen LogP contribution in [-0.4, -0.2) is 67.6 Å². The van der Waals surface area contributed by atoms with Gasteiger partial charge in [-0.15, -0.1) is 0 Å². The van der Waals surface area contributed by atoms with Crippen molar-refractivity contribution in [2.75, 3.05) is 33.6 Å². The van der Waals surface area contributed by atoms with Gasteiger partial charge in [-0.2, -0.15) is 0 Å². The summed E-state index contributed by atoms with van der Waals surface area (Å²) >= 11 is 0. The van der Waals surface area contributed by atoms with E-state index in [-0.39, 0.29) is 25.6 Å². The van der Waals surface area contributed by atoms with Gasteiger partial charge in [-0.3, -0.25) is 4.90 Å². The van der Waals surface area contributed by atoms with E-state index in [9.17, 15) is 5.11 Å². The standard InChI is InChI=1S/C25H32N2O6/c1-17(2)30-15-20(28)13-27(12-18-5-4-6-21(9-18)29-3)14-22-11-23(26-33-22)19-7-8-24-25(10-19)32-16-31-24/h4-10,17,20,22,28H,11-16H2,1-3H3. The molecular formula is C25H32N2O6. The maximum Gasteiger partial charge on any atom is 0.231 e. The largest absolute Gasteiger partial charge is 0.497 e. The number of aliphatic hydroxyl groups excluding tert-OH is 1. The summed E-state index contributed by atoms with van der Waals surface area (Å²) in [4.78, 5) is 7.94. The van der Waals surface area contributed by atoms with Crippen LogP contribution < -0.4 is 14.2 Å². The minimum Gasteiger partial charge on any atom is -0.497 e. The zero-order chi connectivity index (χ0) is 23.2. The molecule has 2 aromatic carbocycles. The van der Waals surface area contributed by atoms with E-state index in [2.05, 4.69) is 16.1 Å². The Kier molecular flexibility index (Phi) is 7.69. The first-order valence-corrected chi connectivity index (χ1v) is 11.3. The van der Waals surface area contributed by atoms with E-state index in [4.69, 9.17) is 23.8 Å². The molecule has 0 spiro atoms. The first-order valence-electron chi connectivity index (χ1n) is 11.3. The van der Waals surface area contributed by atoms with Gasteiger partial charge >= 0.3 is 0 Å². The van der Waals surface area contributed by atoms with Gasteiger partial charge in [0.25, 0.3) is 0 Å². The summed E-state index contributed by atoms with van der Waals surface area (Å²) in [6.45, 7) is 6.18. The Labute approximate surface area is 194 Å². The number of ether oxygens (including phenoxy) is 4. The Morgan fingerprint density at radius 1 is 1.15 bits per heavy atom. The number of hydrogen-bond acceptors (Lipinski definition) is 8. The molecule has 2 atom stereocenters. The molecule has 2 heterocycles. The summed E-state index contributed by atoms with van der Waals surface area (Å²) in [5.74, 6) is 2.28. The van der Waals surface area contributed by atoms with Gasteiger partial charge in [0, 0.05) is 31.6 Å². The number of methoxy groups -OCH3 is 1. The van der Waals surface area contributed by atoms with Gasteiger partial charge in [-0.1, -0.05) is 17.3 Å². The topological polar surface area (TPSA) is 82.0 Å². The molecule has 2 aromatic rings. The molecule has 0 saturated carbocycles. The summed E-state index contributed by atoms with van der Waals surface area (Å²) in [7, 11) is 1.66. The molecule has 8 nitrogen and oxygen atoms in total. The van der Waals surface area contributed by atoms with Crippen LogP contribution >= 0.6 is 0 Å². The first-order chi connectivity index (χ1) is 16.0. The minimum atomic E-state index is -0.603. The van der Waals surface area contributed by atoms with Crippen LogP contribution in [0.4, 0.5) is 0 Å². The predicted molar refractivity (Wildman–Crippen MR) is 124 cm³/mol. The second-order valence-electron chi connectivity index (χ2n) is 8.62. The molecule has 0 radical (unpaired) electrons. The fraction of sp³-hybridized carbons (Fsp3) is 0.480. The molecule has 8 heteroatoms.